The van der Waals surface area contributed by atoms with Crippen LogP contribution in [-0.4, -0.2) is 65.6 Å². The molecule has 5 heterocycles. The second-order valence-corrected chi connectivity index (χ2v) is 12.4. The molecule has 1 saturated heterocycles. The van der Waals surface area contributed by atoms with E-state index in [4.69, 9.17) is 9.84 Å². The van der Waals surface area contributed by atoms with E-state index in [1.54, 1.807) is 0 Å². The Kier molecular flexibility index (Phi) is 7.02. The highest BCUT2D eigenvalue weighted by Crippen LogP contribution is 2.42. The normalized spacial score (nSPS) is 18.9. The maximum Gasteiger partial charge on any atom is 0.420 e. The molecule has 14 heteroatoms. The van der Waals surface area contributed by atoms with Gasteiger partial charge in [-0.3, -0.25) is 4.68 Å². The maximum atomic E-state index is 13.9. The molecule has 0 amide bonds. The van der Waals surface area contributed by atoms with Crippen LogP contribution >= 0.6 is 11.3 Å². The molecule has 0 atom stereocenters. The fourth-order valence-corrected chi connectivity index (χ4v) is 7.37. The molecule has 3 aromatic rings. The molecular weight excluding hydrogens is 529 g/mol. The molecule has 1 N–H and O–H groups in total. The number of ether oxygens (including phenoxy) is 1. The van der Waals surface area contributed by atoms with E-state index in [0.29, 0.717) is 17.0 Å². The minimum Gasteiger partial charge on any atom is -0.375 e. The van der Waals surface area contributed by atoms with Crippen molar-refractivity contribution < 1.29 is 26.3 Å². The quantitative estimate of drug-likeness (QED) is 0.497. The van der Waals surface area contributed by atoms with Crippen LogP contribution in [0.15, 0.2) is 23.4 Å². The molecule has 1 fully saturated rings. The number of hydrogen-bond acceptors (Lipinski definition) is 9. The van der Waals surface area contributed by atoms with Gasteiger partial charge >= 0.3 is 6.18 Å². The Balaban J connectivity index is 1.51. The molecule has 0 spiro atoms. The molecule has 2 aliphatic heterocycles. The van der Waals surface area contributed by atoms with Gasteiger partial charge in [0, 0.05) is 17.3 Å². The van der Waals surface area contributed by atoms with Crippen molar-refractivity contribution in [2.45, 2.75) is 49.9 Å². The number of nitrogens with zero attached hydrogens (tertiary/aromatic N) is 5. The fourth-order valence-electron chi connectivity index (χ4n) is 4.53. The van der Waals surface area contributed by atoms with Crippen molar-refractivity contribution in [1.82, 2.24) is 24.6 Å². The monoisotopic (exact) mass is 556 g/mol. The number of hydrogen-bond donors (Lipinski definition) is 1. The van der Waals surface area contributed by atoms with E-state index < -0.39 is 21.6 Å². The van der Waals surface area contributed by atoms with Crippen molar-refractivity contribution >= 4 is 32.8 Å². The Bertz CT molecular complexity index is 1400. The Morgan fingerprint density at radius 3 is 2.73 bits per heavy atom. The van der Waals surface area contributed by atoms with Gasteiger partial charge < -0.3 is 15.0 Å². The predicted molar refractivity (Wildman–Crippen MR) is 133 cm³/mol. The van der Waals surface area contributed by atoms with Gasteiger partial charge in [-0.2, -0.15) is 18.3 Å². The van der Waals surface area contributed by atoms with Crippen molar-refractivity contribution in [2.75, 3.05) is 37.8 Å². The van der Waals surface area contributed by atoms with Crippen LogP contribution in [0.1, 0.15) is 41.9 Å². The number of aryl methyl sites for hydroxylation is 1. The highest BCUT2D eigenvalue weighted by atomic mass is 32.2. The van der Waals surface area contributed by atoms with Gasteiger partial charge in [-0.1, -0.05) is 6.92 Å². The van der Waals surface area contributed by atoms with Crippen LogP contribution in [0.5, 0.6) is 0 Å². The van der Waals surface area contributed by atoms with E-state index in [1.807, 2.05) is 17.8 Å². The molecule has 9 nitrogen and oxygen atoms in total. The van der Waals surface area contributed by atoms with Gasteiger partial charge in [0.05, 0.1) is 51.9 Å². The standard InChI is InChI=1S/C23H27F3N6O3S2/c1-3-16-17(12-32(30-16)14-4-6-31(2)7-5-14)28-22-27-11-15(23(24,25)26)21(29-22)18-10-20-19(36-18)13-35-8-9-37(20,33)34/h10-12,14H,3-9,13H2,1-2H3,(H,27,28,29). The number of nitrogens with one attached hydrogen (secondary N) is 1. The molecule has 0 radical (unpaired) electrons. The lowest BCUT2D eigenvalue weighted by atomic mass is 10.1. The predicted octanol–water partition coefficient (Wildman–Crippen LogP) is 4.30. The number of likely N-dealkylation sites (tertiary alicyclic amines) is 1. The molecule has 0 aliphatic carbocycles. The Labute approximate surface area is 216 Å². The summed E-state index contributed by atoms with van der Waals surface area (Å²) in [6.07, 6.45) is 0.387. The summed E-state index contributed by atoms with van der Waals surface area (Å²) in [6, 6.07) is 1.51. The van der Waals surface area contributed by atoms with Crippen LogP contribution < -0.4 is 5.32 Å². The average molecular weight is 557 g/mol. The minimum absolute atomic E-state index is 0.00100. The fraction of sp³-hybridized carbons (Fsp3) is 0.522. The SMILES string of the molecule is CCc1nn(C2CCN(C)CC2)cc1Nc1ncc(C(F)(F)F)c(-c2cc3c(s2)COCCS3(=O)=O)n1. The first-order valence-corrected chi connectivity index (χ1v) is 14.4. The van der Waals surface area contributed by atoms with Crippen LogP contribution in [0.2, 0.25) is 0 Å². The second-order valence-electron chi connectivity index (χ2n) is 9.21. The molecule has 2 aliphatic rings. The second kappa shape index (κ2) is 9.97. The number of rotatable bonds is 5. The van der Waals surface area contributed by atoms with Gasteiger partial charge in [-0.15, -0.1) is 11.3 Å². The molecule has 0 bridgehead atoms. The summed E-state index contributed by atoms with van der Waals surface area (Å²) in [5.74, 6) is -0.247. The number of halogens is 3. The first kappa shape index (κ1) is 26.1. The van der Waals surface area contributed by atoms with Crippen LogP contribution in [0.25, 0.3) is 10.6 Å². The highest BCUT2D eigenvalue weighted by Gasteiger charge is 2.37. The van der Waals surface area contributed by atoms with Gasteiger partial charge in [-0.25, -0.2) is 18.4 Å². The first-order chi connectivity index (χ1) is 17.5. The third-order valence-corrected chi connectivity index (χ3v) is 9.60. The lowest BCUT2D eigenvalue weighted by molar-refractivity contribution is -0.137. The molecule has 5 rings (SSSR count). The first-order valence-electron chi connectivity index (χ1n) is 12.0. The third-order valence-electron chi connectivity index (χ3n) is 6.61. The van der Waals surface area contributed by atoms with Gasteiger partial charge in [0.25, 0.3) is 0 Å². The summed E-state index contributed by atoms with van der Waals surface area (Å²) in [5.41, 5.74) is -0.0234. The Morgan fingerprint density at radius 2 is 2.03 bits per heavy atom. The van der Waals surface area contributed by atoms with E-state index in [2.05, 4.69) is 27.2 Å². The molecule has 0 aromatic carbocycles. The largest absolute Gasteiger partial charge is 0.420 e. The summed E-state index contributed by atoms with van der Waals surface area (Å²) < 4.78 is 74.1. The summed E-state index contributed by atoms with van der Waals surface area (Å²) >= 11 is 0.937. The zero-order chi connectivity index (χ0) is 26.4. The topological polar surface area (TPSA) is 102 Å². The zero-order valence-electron chi connectivity index (χ0n) is 20.4. The summed E-state index contributed by atoms with van der Waals surface area (Å²) in [7, 11) is -1.58. The van der Waals surface area contributed by atoms with Gasteiger partial charge in [0.1, 0.15) is 5.56 Å². The maximum absolute atomic E-state index is 13.9. The molecule has 200 valence electrons. The molecule has 3 aromatic heterocycles. The van der Waals surface area contributed by atoms with E-state index in [1.165, 1.54) is 6.07 Å². The highest BCUT2D eigenvalue weighted by molar-refractivity contribution is 7.91. The number of fused-ring (bicyclic) bond motifs is 1. The lowest BCUT2D eigenvalue weighted by Crippen LogP contribution is -2.31. The Hall–Kier alpha value is -2.55. The minimum atomic E-state index is -4.72. The van der Waals surface area contributed by atoms with Crippen molar-refractivity contribution in [2.24, 2.45) is 0 Å². The van der Waals surface area contributed by atoms with Crippen LogP contribution in [0, 0.1) is 0 Å². The summed E-state index contributed by atoms with van der Waals surface area (Å²) in [4.78, 5) is 10.9. The molecule has 0 unspecified atom stereocenters. The summed E-state index contributed by atoms with van der Waals surface area (Å²) in [5, 5.41) is 7.75. The van der Waals surface area contributed by atoms with Crippen molar-refractivity contribution in [3.05, 3.63) is 34.6 Å². The zero-order valence-corrected chi connectivity index (χ0v) is 22.0. The average Bonchev–Trinajstić information content (AvgIpc) is 3.43. The van der Waals surface area contributed by atoms with E-state index >= 15 is 0 Å². The third kappa shape index (κ3) is 5.38. The smallest absolute Gasteiger partial charge is 0.375 e. The van der Waals surface area contributed by atoms with Crippen molar-refractivity contribution in [3.8, 4) is 10.6 Å². The van der Waals surface area contributed by atoms with Gasteiger partial charge in [0.2, 0.25) is 5.95 Å². The number of thiophene rings is 1. The van der Waals surface area contributed by atoms with E-state index in [-0.39, 0.29) is 46.4 Å². The van der Waals surface area contributed by atoms with E-state index in [0.717, 1.165) is 49.2 Å². The number of anilines is 2. The van der Waals surface area contributed by atoms with Crippen molar-refractivity contribution in [1.29, 1.82) is 0 Å². The van der Waals surface area contributed by atoms with Crippen LogP contribution in [0.4, 0.5) is 24.8 Å². The lowest BCUT2D eigenvalue weighted by Gasteiger charge is -2.28. The number of piperidine rings is 1. The van der Waals surface area contributed by atoms with Crippen LogP contribution in [0.3, 0.4) is 0 Å². The summed E-state index contributed by atoms with van der Waals surface area (Å²) in [6.45, 7) is 3.94. The number of sulfone groups is 1. The Morgan fingerprint density at radius 1 is 1.27 bits per heavy atom. The molecule has 0 saturated carbocycles. The van der Waals surface area contributed by atoms with Gasteiger partial charge in [0.15, 0.2) is 9.84 Å². The molecular formula is C23H27F3N6O3S2. The van der Waals surface area contributed by atoms with Crippen LogP contribution in [-0.2, 0) is 33.8 Å². The number of aromatic nitrogens is 4. The molecule has 37 heavy (non-hydrogen) atoms. The van der Waals surface area contributed by atoms with E-state index in [9.17, 15) is 21.6 Å². The van der Waals surface area contributed by atoms with Crippen molar-refractivity contribution in [3.63, 3.8) is 0 Å². The number of alkyl halides is 3. The van der Waals surface area contributed by atoms with Gasteiger partial charge in [-0.05, 0) is 45.5 Å².